The fraction of sp³-hybridized carbons (Fsp3) is 0.870. The summed E-state index contributed by atoms with van der Waals surface area (Å²) in [6.45, 7) is 9.73. The fourth-order valence-corrected chi connectivity index (χ4v) is 14.9. The number of hydrogen-bond acceptors (Lipinski definition) is 2. The Morgan fingerprint density at radius 2 is 1.77 bits per heavy atom. The zero-order chi connectivity index (χ0) is 18.5. The first-order valence-corrected chi connectivity index (χ1v) is 16.9. The van der Waals surface area contributed by atoms with Crippen LogP contribution >= 0.6 is 10.0 Å². The number of ketones is 1. The average Bonchev–Trinajstić information content (AvgIpc) is 2.95. The van der Waals surface area contributed by atoms with Gasteiger partial charge >= 0.3 is 169 Å². The molecule has 4 aliphatic rings. The molecule has 0 aromatic carbocycles. The number of Topliss-reactive ketones (excluding diaryl/α,β-unsaturated/α-hetero) is 1. The van der Waals surface area contributed by atoms with E-state index in [4.69, 9.17) is 0 Å². The van der Waals surface area contributed by atoms with Crippen LogP contribution < -0.4 is 0 Å². The third-order valence-electron chi connectivity index (χ3n) is 8.77. The van der Waals surface area contributed by atoms with Crippen LogP contribution in [0.25, 0.3) is 0 Å². The van der Waals surface area contributed by atoms with Crippen molar-refractivity contribution in [1.82, 2.24) is 0 Å². The van der Waals surface area contributed by atoms with Gasteiger partial charge in [-0.3, -0.25) is 0 Å². The van der Waals surface area contributed by atoms with Crippen LogP contribution in [0.3, 0.4) is 0 Å². The van der Waals surface area contributed by atoms with Crippen molar-refractivity contribution in [3.63, 3.8) is 0 Å². The topological polar surface area (TPSA) is 17.1 Å². The Morgan fingerprint density at radius 1 is 1.08 bits per heavy atom. The second-order valence-electron chi connectivity index (χ2n) is 9.76. The van der Waals surface area contributed by atoms with Crippen molar-refractivity contribution in [2.75, 3.05) is 0 Å². The van der Waals surface area contributed by atoms with E-state index in [-0.39, 0.29) is 5.41 Å². The summed E-state index contributed by atoms with van der Waals surface area (Å²) in [6, 6.07) is 0. The molecule has 0 bridgehead atoms. The number of fused-ring (bicyclic) bond motifs is 5. The van der Waals surface area contributed by atoms with Crippen molar-refractivity contribution in [3.05, 3.63) is 11.6 Å². The Kier molecular flexibility index (Phi) is 5.50. The van der Waals surface area contributed by atoms with Crippen LogP contribution in [0.1, 0.15) is 79.1 Å². The first-order chi connectivity index (χ1) is 12.4. The molecule has 0 aromatic heterocycles. The van der Waals surface area contributed by atoms with Crippen molar-refractivity contribution in [2.45, 2.75) is 94.7 Å². The number of rotatable bonds is 4. The van der Waals surface area contributed by atoms with E-state index in [1.807, 2.05) is 5.57 Å². The quantitative estimate of drug-likeness (QED) is 0.362. The maximum absolute atomic E-state index is 12.6. The van der Waals surface area contributed by atoms with E-state index < -0.39 is 13.5 Å². The third kappa shape index (κ3) is 3.01. The van der Waals surface area contributed by atoms with Gasteiger partial charge in [-0.05, 0) is 0 Å². The Bertz CT molecular complexity index is 597. The minimum atomic E-state index is -0.617. The summed E-state index contributed by atoms with van der Waals surface area (Å²) in [5.41, 5.74) is 2.29. The van der Waals surface area contributed by atoms with E-state index in [1.54, 1.807) is 0 Å². The molecule has 4 rings (SSSR count). The molecule has 0 saturated heterocycles. The molecule has 0 unspecified atom stereocenters. The molecular formula is C23H37AsOS. The van der Waals surface area contributed by atoms with Crippen molar-refractivity contribution in [1.29, 1.82) is 0 Å². The summed E-state index contributed by atoms with van der Waals surface area (Å²) in [4.78, 5) is 12.6. The van der Waals surface area contributed by atoms with Crippen LogP contribution in [-0.4, -0.2) is 24.5 Å². The molecule has 1 nitrogen and oxygen atoms in total. The summed E-state index contributed by atoms with van der Waals surface area (Å²) in [7, 11) is 2.42. The van der Waals surface area contributed by atoms with Gasteiger partial charge in [0.1, 0.15) is 0 Å². The van der Waals surface area contributed by atoms with Crippen LogP contribution in [-0.2, 0) is 4.79 Å². The van der Waals surface area contributed by atoms with E-state index in [1.165, 1.54) is 55.4 Å². The summed E-state index contributed by atoms with van der Waals surface area (Å²) >= 11 is -0.617. The van der Waals surface area contributed by atoms with Gasteiger partial charge in [-0.2, -0.15) is 0 Å². The number of carbonyl (C=O) groups excluding carboxylic acids is 1. The van der Waals surface area contributed by atoms with Gasteiger partial charge in [0.15, 0.2) is 0 Å². The Labute approximate surface area is 168 Å². The van der Waals surface area contributed by atoms with Gasteiger partial charge in [-0.25, -0.2) is 0 Å². The summed E-state index contributed by atoms with van der Waals surface area (Å²) in [6.07, 6.45) is 12.7. The Hall–Kier alpha value is 0.318. The van der Waals surface area contributed by atoms with Gasteiger partial charge in [0.05, 0.1) is 0 Å². The van der Waals surface area contributed by atoms with Crippen molar-refractivity contribution >= 4 is 29.3 Å². The molecular weight excluding hydrogens is 399 g/mol. The fourth-order valence-electron chi connectivity index (χ4n) is 7.07. The maximum atomic E-state index is 12.6. The van der Waals surface area contributed by atoms with Crippen LogP contribution in [0.15, 0.2) is 11.6 Å². The van der Waals surface area contributed by atoms with Crippen molar-refractivity contribution in [3.8, 4) is 0 Å². The van der Waals surface area contributed by atoms with E-state index in [0.29, 0.717) is 17.1 Å². The molecule has 6 atom stereocenters. The molecule has 3 heteroatoms. The monoisotopic (exact) mass is 436 g/mol. The first kappa shape index (κ1) is 19.6. The van der Waals surface area contributed by atoms with Gasteiger partial charge in [0.25, 0.3) is 0 Å². The van der Waals surface area contributed by atoms with Gasteiger partial charge in [-0.1, -0.05) is 0 Å². The van der Waals surface area contributed by atoms with Gasteiger partial charge in [0.2, 0.25) is 0 Å². The zero-order valence-electron chi connectivity index (χ0n) is 17.2. The number of allylic oxidation sites excluding steroid dienone is 2. The molecule has 4 aliphatic carbocycles. The molecule has 0 N–H and O–H groups in total. The van der Waals surface area contributed by atoms with Gasteiger partial charge < -0.3 is 0 Å². The first-order valence-electron chi connectivity index (χ1n) is 11.1. The van der Waals surface area contributed by atoms with Gasteiger partial charge in [0, 0.05) is 0 Å². The normalized spacial score (nSPS) is 45.1. The molecule has 0 amide bonds. The molecule has 0 spiro atoms. The summed E-state index contributed by atoms with van der Waals surface area (Å²) in [5, 5.41) is 3.83. The standard InChI is InChI=1S/C23H37AsOS/c1-5-24(6-2)26-17-11-13-22(3)16(15-17)7-8-18-19-9-10-21(25)23(19,4)14-12-20(18)22/h7,17-20H,5-6,8-15H2,1-4H3/t17-,18-,19-,20-,22-,23-/m0/s1. The van der Waals surface area contributed by atoms with Gasteiger partial charge in [-0.15, -0.1) is 0 Å². The van der Waals surface area contributed by atoms with E-state index in [9.17, 15) is 4.79 Å². The molecule has 0 heterocycles. The molecule has 0 radical (unpaired) electrons. The van der Waals surface area contributed by atoms with Crippen LogP contribution in [0.5, 0.6) is 0 Å². The van der Waals surface area contributed by atoms with Crippen molar-refractivity contribution in [2.24, 2.45) is 28.6 Å². The van der Waals surface area contributed by atoms with E-state index >= 15 is 0 Å². The van der Waals surface area contributed by atoms with Crippen LogP contribution in [0.4, 0.5) is 0 Å². The number of hydrogen-bond donors (Lipinski definition) is 0. The molecule has 0 aliphatic heterocycles. The summed E-state index contributed by atoms with van der Waals surface area (Å²) in [5.74, 6) is 2.89. The predicted octanol–water partition coefficient (Wildman–Crippen LogP) is 6.65. The SMILES string of the molecule is CC[As](CC)S[C@H]1CC[C@@]2(C)C(=CC[C@@H]3[C@@H]2CC[C@]2(C)C(=O)CC[C@@H]32)C1. The van der Waals surface area contributed by atoms with Crippen molar-refractivity contribution < 1.29 is 4.79 Å². The second-order valence-corrected chi connectivity index (χ2v) is 19.3. The van der Waals surface area contributed by atoms with Crippen LogP contribution in [0, 0.1) is 28.6 Å². The predicted molar refractivity (Wildman–Crippen MR) is 115 cm³/mol. The van der Waals surface area contributed by atoms with E-state index in [0.717, 1.165) is 23.5 Å². The number of carbonyl (C=O) groups is 1. The average molecular weight is 437 g/mol. The molecule has 3 fully saturated rings. The third-order valence-corrected chi connectivity index (χ3v) is 19.2. The molecule has 26 heavy (non-hydrogen) atoms. The zero-order valence-corrected chi connectivity index (χ0v) is 19.9. The Morgan fingerprint density at radius 3 is 2.50 bits per heavy atom. The summed E-state index contributed by atoms with van der Waals surface area (Å²) < 4.78 is 0. The minimum absolute atomic E-state index is 0.0251. The Balaban J connectivity index is 1.53. The molecule has 0 aromatic rings. The second kappa shape index (κ2) is 7.29. The molecule has 146 valence electrons. The molecule has 3 saturated carbocycles. The van der Waals surface area contributed by atoms with Crippen LogP contribution in [0.2, 0.25) is 10.4 Å². The van der Waals surface area contributed by atoms with E-state index in [2.05, 4.69) is 43.8 Å².